The first-order valence-corrected chi connectivity index (χ1v) is 6.54. The number of nitrogens with zero attached hydrogens (tertiary/aromatic N) is 1. The minimum atomic E-state index is 0.0554. The van der Waals surface area contributed by atoms with E-state index in [1.54, 1.807) is 19.0 Å². The number of benzene rings is 2. The lowest BCUT2D eigenvalue weighted by molar-refractivity contribution is 0.0827. The number of rotatable bonds is 1. The number of hydrogen-bond acceptors (Lipinski definition) is 1. The number of carbonyl (C=O) groups excluding carboxylic acids is 1. The van der Waals surface area contributed by atoms with Gasteiger partial charge in [-0.25, -0.2) is 0 Å². The van der Waals surface area contributed by atoms with Crippen molar-refractivity contribution in [3.05, 3.63) is 59.2 Å². The third kappa shape index (κ3) is 1.75. The first-order chi connectivity index (χ1) is 9.09. The fourth-order valence-electron chi connectivity index (χ4n) is 2.85. The van der Waals surface area contributed by atoms with E-state index in [2.05, 4.69) is 37.3 Å². The van der Waals surface area contributed by atoms with Crippen molar-refractivity contribution in [2.24, 2.45) is 0 Å². The Hall–Kier alpha value is -2.09. The van der Waals surface area contributed by atoms with Crippen molar-refractivity contribution >= 4 is 5.91 Å². The number of carbonyl (C=O) groups is 1. The highest BCUT2D eigenvalue weighted by Gasteiger charge is 2.25. The van der Waals surface area contributed by atoms with Crippen LogP contribution in [0.3, 0.4) is 0 Å². The molecule has 96 valence electrons. The summed E-state index contributed by atoms with van der Waals surface area (Å²) in [6.45, 7) is 2.22. The molecule has 1 amide bonds. The highest BCUT2D eigenvalue weighted by molar-refractivity contribution is 5.96. The minimum Gasteiger partial charge on any atom is -0.345 e. The predicted octanol–water partition coefficient (Wildman–Crippen LogP) is 3.52. The molecule has 1 aliphatic carbocycles. The summed E-state index contributed by atoms with van der Waals surface area (Å²) in [5.41, 5.74) is 5.89. The van der Waals surface area contributed by atoms with Gasteiger partial charge in [-0.3, -0.25) is 4.79 Å². The summed E-state index contributed by atoms with van der Waals surface area (Å²) in [6.07, 6.45) is 0. The molecule has 19 heavy (non-hydrogen) atoms. The van der Waals surface area contributed by atoms with Crippen LogP contribution in [0.2, 0.25) is 0 Å². The molecule has 0 fully saturated rings. The molecular formula is C17H17NO. The second-order valence-electron chi connectivity index (χ2n) is 5.31. The molecule has 2 aromatic rings. The van der Waals surface area contributed by atoms with Crippen LogP contribution in [0.1, 0.15) is 34.3 Å². The van der Waals surface area contributed by atoms with Crippen LogP contribution in [-0.2, 0) is 0 Å². The quantitative estimate of drug-likeness (QED) is 0.759. The monoisotopic (exact) mass is 251 g/mol. The smallest absolute Gasteiger partial charge is 0.253 e. The first-order valence-electron chi connectivity index (χ1n) is 6.54. The Balaban J connectivity index is 2.16. The zero-order valence-corrected chi connectivity index (χ0v) is 11.5. The summed E-state index contributed by atoms with van der Waals surface area (Å²) in [5, 5.41) is 0. The van der Waals surface area contributed by atoms with Crippen LogP contribution in [0.4, 0.5) is 0 Å². The van der Waals surface area contributed by atoms with Crippen LogP contribution in [0.5, 0.6) is 0 Å². The highest BCUT2D eigenvalue weighted by atomic mass is 16.2. The lowest BCUT2D eigenvalue weighted by Gasteiger charge is -2.12. The van der Waals surface area contributed by atoms with E-state index in [0.29, 0.717) is 5.92 Å². The Morgan fingerprint density at radius 1 is 1.00 bits per heavy atom. The predicted molar refractivity (Wildman–Crippen MR) is 77.4 cm³/mol. The van der Waals surface area contributed by atoms with Gasteiger partial charge >= 0.3 is 0 Å². The summed E-state index contributed by atoms with van der Waals surface area (Å²) in [4.78, 5) is 13.7. The van der Waals surface area contributed by atoms with E-state index in [1.165, 1.54) is 22.3 Å². The summed E-state index contributed by atoms with van der Waals surface area (Å²) < 4.78 is 0. The Morgan fingerprint density at radius 3 is 2.42 bits per heavy atom. The van der Waals surface area contributed by atoms with Crippen molar-refractivity contribution in [3.8, 4) is 11.1 Å². The molecule has 0 aromatic heterocycles. The molecule has 0 saturated heterocycles. The third-order valence-corrected chi connectivity index (χ3v) is 3.89. The number of fused-ring (bicyclic) bond motifs is 3. The van der Waals surface area contributed by atoms with E-state index in [0.717, 1.165) is 5.56 Å². The molecule has 0 aliphatic heterocycles. The van der Waals surface area contributed by atoms with Crippen molar-refractivity contribution in [1.29, 1.82) is 0 Å². The van der Waals surface area contributed by atoms with Crippen molar-refractivity contribution in [2.45, 2.75) is 12.8 Å². The van der Waals surface area contributed by atoms with Crippen LogP contribution in [0.15, 0.2) is 42.5 Å². The van der Waals surface area contributed by atoms with Crippen LogP contribution < -0.4 is 0 Å². The summed E-state index contributed by atoms with van der Waals surface area (Å²) in [7, 11) is 3.57. The summed E-state index contributed by atoms with van der Waals surface area (Å²) in [6, 6.07) is 14.5. The van der Waals surface area contributed by atoms with Gasteiger partial charge in [-0.15, -0.1) is 0 Å². The van der Waals surface area contributed by atoms with Gasteiger partial charge in [0.05, 0.1) is 0 Å². The minimum absolute atomic E-state index is 0.0554. The summed E-state index contributed by atoms with van der Waals surface area (Å²) in [5.74, 6) is 0.467. The molecule has 0 saturated carbocycles. The van der Waals surface area contributed by atoms with Gasteiger partial charge in [-0.1, -0.05) is 37.3 Å². The number of hydrogen-bond donors (Lipinski definition) is 0. The lowest BCUT2D eigenvalue weighted by atomic mass is 9.98. The maximum atomic E-state index is 12.1. The zero-order chi connectivity index (χ0) is 13.6. The molecule has 0 spiro atoms. The first kappa shape index (κ1) is 12.0. The Bertz CT molecular complexity index is 658. The van der Waals surface area contributed by atoms with Gasteiger partial charge < -0.3 is 4.90 Å². The zero-order valence-electron chi connectivity index (χ0n) is 11.5. The van der Waals surface area contributed by atoms with E-state index in [9.17, 15) is 4.79 Å². The van der Waals surface area contributed by atoms with E-state index < -0.39 is 0 Å². The fraction of sp³-hybridized carbons (Fsp3) is 0.235. The third-order valence-electron chi connectivity index (χ3n) is 3.89. The van der Waals surface area contributed by atoms with Crippen molar-refractivity contribution in [2.75, 3.05) is 14.1 Å². The molecular weight excluding hydrogens is 234 g/mol. The lowest BCUT2D eigenvalue weighted by Crippen LogP contribution is -2.21. The molecule has 0 heterocycles. The average Bonchev–Trinajstić information content (AvgIpc) is 2.72. The molecule has 2 aromatic carbocycles. The molecule has 1 atom stereocenters. The van der Waals surface area contributed by atoms with Gasteiger partial charge in [-0.05, 0) is 34.4 Å². The van der Waals surface area contributed by atoms with Gasteiger partial charge in [0.25, 0.3) is 5.91 Å². The van der Waals surface area contributed by atoms with Crippen LogP contribution in [-0.4, -0.2) is 24.9 Å². The Kier molecular flexibility index (Phi) is 2.67. The van der Waals surface area contributed by atoms with Crippen molar-refractivity contribution in [3.63, 3.8) is 0 Å². The van der Waals surface area contributed by atoms with E-state index in [4.69, 9.17) is 0 Å². The summed E-state index contributed by atoms with van der Waals surface area (Å²) >= 11 is 0. The highest BCUT2D eigenvalue weighted by Crippen LogP contribution is 2.44. The van der Waals surface area contributed by atoms with Crippen LogP contribution >= 0.6 is 0 Å². The normalized spacial score (nSPS) is 15.8. The van der Waals surface area contributed by atoms with E-state index >= 15 is 0 Å². The Morgan fingerprint density at radius 2 is 1.68 bits per heavy atom. The van der Waals surface area contributed by atoms with E-state index in [1.807, 2.05) is 12.1 Å². The molecule has 2 nitrogen and oxygen atoms in total. The molecule has 0 unspecified atom stereocenters. The van der Waals surface area contributed by atoms with Gasteiger partial charge in [0.1, 0.15) is 0 Å². The van der Waals surface area contributed by atoms with Gasteiger partial charge in [0.2, 0.25) is 0 Å². The largest absolute Gasteiger partial charge is 0.345 e. The standard InChI is InChI=1S/C17H17NO/c1-11-13-6-4-5-7-15(13)16-10-12(8-9-14(11)16)17(19)18(2)3/h4-11H,1-3H3/t11-/m1/s1. The van der Waals surface area contributed by atoms with Crippen molar-refractivity contribution < 1.29 is 4.79 Å². The molecule has 3 rings (SSSR count). The number of amides is 1. The van der Waals surface area contributed by atoms with Crippen LogP contribution in [0, 0.1) is 0 Å². The topological polar surface area (TPSA) is 20.3 Å². The molecule has 0 N–H and O–H groups in total. The van der Waals surface area contributed by atoms with Gasteiger partial charge in [0.15, 0.2) is 0 Å². The second kappa shape index (κ2) is 4.23. The van der Waals surface area contributed by atoms with Gasteiger partial charge in [0, 0.05) is 25.6 Å². The van der Waals surface area contributed by atoms with Crippen LogP contribution in [0.25, 0.3) is 11.1 Å². The fourth-order valence-corrected chi connectivity index (χ4v) is 2.85. The molecule has 0 radical (unpaired) electrons. The molecule has 2 heteroatoms. The maximum Gasteiger partial charge on any atom is 0.253 e. The Labute approximate surface area is 113 Å². The van der Waals surface area contributed by atoms with Gasteiger partial charge in [-0.2, -0.15) is 0 Å². The maximum absolute atomic E-state index is 12.1. The molecule has 0 bridgehead atoms. The van der Waals surface area contributed by atoms with E-state index in [-0.39, 0.29) is 5.91 Å². The average molecular weight is 251 g/mol. The molecule has 1 aliphatic rings. The SMILES string of the molecule is C[C@@H]1c2ccccc2-c2cc(C(=O)N(C)C)ccc21. The van der Waals surface area contributed by atoms with Crippen molar-refractivity contribution in [1.82, 2.24) is 4.90 Å². The second-order valence-corrected chi connectivity index (χ2v) is 5.31.